The first-order valence-corrected chi connectivity index (χ1v) is 12.1. The lowest BCUT2D eigenvalue weighted by Gasteiger charge is -2.11. The number of aromatic amines is 1. The molecule has 0 radical (unpaired) electrons. The van der Waals surface area contributed by atoms with Crippen LogP contribution in [0.1, 0.15) is 5.56 Å². The summed E-state index contributed by atoms with van der Waals surface area (Å²) in [5, 5.41) is 5.40. The highest BCUT2D eigenvalue weighted by Crippen LogP contribution is 2.34. The SMILES string of the molecule is COc1ccc(-c2cnc3[nH]cc(-c4cnn(Cc5cccc(F)c5)c4)c3c2)cc1NS(C)=O. The van der Waals surface area contributed by atoms with Crippen LogP contribution in [0, 0.1) is 5.82 Å². The number of nitrogens with zero attached hydrogens (tertiary/aromatic N) is 3. The zero-order valence-corrected chi connectivity index (χ0v) is 19.4. The topological polar surface area (TPSA) is 84.8 Å². The Morgan fingerprint density at radius 3 is 2.79 bits per heavy atom. The molecule has 9 heteroatoms. The summed E-state index contributed by atoms with van der Waals surface area (Å²) in [6.07, 6.45) is 9.00. The maximum Gasteiger partial charge on any atom is 0.142 e. The van der Waals surface area contributed by atoms with Crippen molar-refractivity contribution < 1.29 is 13.3 Å². The number of H-pyrrole nitrogens is 1. The number of fused-ring (bicyclic) bond motifs is 1. The molecule has 2 N–H and O–H groups in total. The van der Waals surface area contributed by atoms with E-state index in [9.17, 15) is 8.60 Å². The number of methoxy groups -OCH3 is 1. The van der Waals surface area contributed by atoms with Crippen LogP contribution in [0.15, 0.2) is 73.3 Å². The van der Waals surface area contributed by atoms with E-state index in [0.717, 1.165) is 38.9 Å². The largest absolute Gasteiger partial charge is 0.495 e. The summed E-state index contributed by atoms with van der Waals surface area (Å²) < 4.78 is 35.3. The number of anilines is 1. The minimum atomic E-state index is -1.23. The fraction of sp³-hybridized carbons (Fsp3) is 0.120. The van der Waals surface area contributed by atoms with Crippen molar-refractivity contribution in [2.75, 3.05) is 18.1 Å². The Morgan fingerprint density at radius 2 is 2.00 bits per heavy atom. The Hall–Kier alpha value is -3.98. The van der Waals surface area contributed by atoms with Gasteiger partial charge in [0.25, 0.3) is 0 Å². The van der Waals surface area contributed by atoms with Crippen molar-refractivity contribution in [1.29, 1.82) is 0 Å². The number of benzene rings is 2. The van der Waals surface area contributed by atoms with E-state index in [-0.39, 0.29) is 5.82 Å². The second-order valence-electron chi connectivity index (χ2n) is 7.85. The van der Waals surface area contributed by atoms with Crippen molar-refractivity contribution in [3.05, 3.63) is 84.7 Å². The van der Waals surface area contributed by atoms with E-state index < -0.39 is 11.0 Å². The number of hydrogen-bond donors (Lipinski definition) is 2. The number of rotatable bonds is 7. The quantitative estimate of drug-likeness (QED) is 0.347. The number of halogens is 1. The molecule has 5 rings (SSSR count). The smallest absolute Gasteiger partial charge is 0.142 e. The summed E-state index contributed by atoms with van der Waals surface area (Å²) in [5.74, 6) is 0.350. The summed E-state index contributed by atoms with van der Waals surface area (Å²) in [6, 6.07) is 14.2. The highest BCUT2D eigenvalue weighted by Gasteiger charge is 2.13. The minimum Gasteiger partial charge on any atom is -0.495 e. The molecule has 1 unspecified atom stereocenters. The Bertz CT molecular complexity index is 1510. The molecule has 3 aromatic heterocycles. The first-order chi connectivity index (χ1) is 16.5. The van der Waals surface area contributed by atoms with Crippen LogP contribution < -0.4 is 9.46 Å². The molecule has 3 heterocycles. The van der Waals surface area contributed by atoms with E-state index in [1.807, 2.05) is 36.7 Å². The van der Waals surface area contributed by atoms with Gasteiger partial charge in [-0.05, 0) is 41.5 Å². The van der Waals surface area contributed by atoms with Crippen LogP contribution in [0.5, 0.6) is 5.75 Å². The molecule has 1 atom stereocenters. The standard InChI is InChI=1S/C25H22FN5O2S/c1-33-24-7-6-17(10-23(24)30-34(2)32)18-9-21-22(13-28-25(21)27-11-18)19-12-29-31(15-19)14-16-4-3-5-20(26)8-16/h3-13,15,30H,14H2,1-2H3,(H,27,28). The van der Waals surface area contributed by atoms with Gasteiger partial charge < -0.3 is 14.4 Å². The van der Waals surface area contributed by atoms with Crippen molar-refractivity contribution in [1.82, 2.24) is 19.7 Å². The number of ether oxygens (including phenoxy) is 1. The summed E-state index contributed by atoms with van der Waals surface area (Å²) in [4.78, 5) is 7.80. The van der Waals surface area contributed by atoms with Crippen LogP contribution in [0.2, 0.25) is 0 Å². The van der Waals surface area contributed by atoms with Crippen LogP contribution in [-0.4, -0.2) is 37.3 Å². The lowest BCUT2D eigenvalue weighted by atomic mass is 10.0. The molecule has 0 saturated heterocycles. The van der Waals surface area contributed by atoms with Crippen molar-refractivity contribution in [2.45, 2.75) is 6.54 Å². The third-order valence-corrected chi connectivity index (χ3v) is 6.00. The highest BCUT2D eigenvalue weighted by atomic mass is 32.2. The molecule has 7 nitrogen and oxygen atoms in total. The predicted octanol–water partition coefficient (Wildman–Crippen LogP) is 4.99. The summed E-state index contributed by atoms with van der Waals surface area (Å²) in [6.45, 7) is 0.476. The van der Waals surface area contributed by atoms with Gasteiger partial charge in [0.1, 0.15) is 28.2 Å². The minimum absolute atomic E-state index is 0.262. The number of aromatic nitrogens is 4. The average Bonchev–Trinajstić information content (AvgIpc) is 3.45. The number of hydrogen-bond acceptors (Lipinski definition) is 4. The fourth-order valence-electron chi connectivity index (χ4n) is 3.93. The van der Waals surface area contributed by atoms with Gasteiger partial charge >= 0.3 is 0 Å². The van der Waals surface area contributed by atoms with E-state index in [1.165, 1.54) is 12.1 Å². The molecule has 0 aliphatic rings. The molecule has 0 bridgehead atoms. The van der Waals surface area contributed by atoms with Crippen molar-refractivity contribution >= 4 is 27.7 Å². The molecule has 0 amide bonds. The van der Waals surface area contributed by atoms with Gasteiger partial charge in [0.15, 0.2) is 0 Å². The lowest BCUT2D eigenvalue weighted by Crippen LogP contribution is -2.03. The van der Waals surface area contributed by atoms with E-state index in [4.69, 9.17) is 4.74 Å². The predicted molar refractivity (Wildman–Crippen MR) is 132 cm³/mol. The summed E-state index contributed by atoms with van der Waals surface area (Å²) >= 11 is 0. The summed E-state index contributed by atoms with van der Waals surface area (Å²) in [7, 11) is 0.344. The molecule has 34 heavy (non-hydrogen) atoms. The average molecular weight is 476 g/mol. The Labute approximate surface area is 198 Å². The molecule has 0 spiro atoms. The van der Waals surface area contributed by atoms with Crippen molar-refractivity contribution in [3.8, 4) is 28.0 Å². The molecular weight excluding hydrogens is 453 g/mol. The number of nitrogens with one attached hydrogen (secondary N) is 2. The molecule has 2 aromatic carbocycles. The zero-order valence-electron chi connectivity index (χ0n) is 18.6. The normalized spacial score (nSPS) is 12.1. The molecule has 0 aliphatic heterocycles. The lowest BCUT2D eigenvalue weighted by molar-refractivity contribution is 0.417. The van der Waals surface area contributed by atoms with Gasteiger partial charge in [-0.25, -0.2) is 13.6 Å². The summed E-state index contributed by atoms with van der Waals surface area (Å²) in [5.41, 5.74) is 5.98. The third-order valence-electron chi connectivity index (χ3n) is 5.50. The second-order valence-corrected chi connectivity index (χ2v) is 8.96. The maximum atomic E-state index is 13.5. The molecule has 0 saturated carbocycles. The van der Waals surface area contributed by atoms with Gasteiger partial charge in [-0.15, -0.1) is 0 Å². The first-order valence-electron chi connectivity index (χ1n) is 10.5. The molecule has 0 fully saturated rings. The van der Waals surface area contributed by atoms with Gasteiger partial charge in [-0.2, -0.15) is 5.10 Å². The van der Waals surface area contributed by atoms with Gasteiger partial charge in [-0.3, -0.25) is 4.68 Å². The van der Waals surface area contributed by atoms with Crippen LogP contribution in [0.3, 0.4) is 0 Å². The molecule has 0 aliphatic carbocycles. The van der Waals surface area contributed by atoms with Gasteiger partial charge in [0, 0.05) is 46.9 Å². The monoisotopic (exact) mass is 475 g/mol. The Kier molecular flexibility index (Phi) is 5.85. The van der Waals surface area contributed by atoms with E-state index >= 15 is 0 Å². The van der Waals surface area contributed by atoms with Crippen LogP contribution in [0.25, 0.3) is 33.3 Å². The van der Waals surface area contributed by atoms with Crippen molar-refractivity contribution in [3.63, 3.8) is 0 Å². The van der Waals surface area contributed by atoms with E-state index in [1.54, 1.807) is 36.5 Å². The molecule has 172 valence electrons. The fourth-order valence-corrected chi connectivity index (χ4v) is 4.40. The van der Waals surface area contributed by atoms with Crippen LogP contribution in [0.4, 0.5) is 10.1 Å². The maximum absolute atomic E-state index is 13.5. The zero-order chi connectivity index (χ0) is 23.7. The second kappa shape index (κ2) is 9.11. The highest BCUT2D eigenvalue weighted by molar-refractivity contribution is 7.85. The van der Waals surface area contributed by atoms with Crippen LogP contribution >= 0.6 is 0 Å². The Morgan fingerprint density at radius 1 is 1.12 bits per heavy atom. The molecular formula is C25H22FN5O2S. The van der Waals surface area contributed by atoms with Crippen LogP contribution in [-0.2, 0) is 17.5 Å². The molecule has 5 aromatic rings. The van der Waals surface area contributed by atoms with E-state index in [0.29, 0.717) is 18.0 Å². The van der Waals surface area contributed by atoms with Gasteiger partial charge in [0.05, 0.1) is 25.5 Å². The first kappa shape index (κ1) is 21.8. The van der Waals surface area contributed by atoms with E-state index in [2.05, 4.69) is 25.9 Å². The third kappa shape index (κ3) is 4.42. The Balaban J connectivity index is 1.49. The van der Waals surface area contributed by atoms with Gasteiger partial charge in [0.2, 0.25) is 0 Å². The number of pyridine rings is 1. The van der Waals surface area contributed by atoms with Gasteiger partial charge in [-0.1, -0.05) is 18.2 Å². The van der Waals surface area contributed by atoms with Crippen molar-refractivity contribution in [2.24, 2.45) is 0 Å².